The van der Waals surface area contributed by atoms with Crippen molar-refractivity contribution >= 4 is 80.6 Å². The molecule has 6 atom stereocenters. The van der Waals surface area contributed by atoms with Crippen LogP contribution in [0.25, 0.3) is 48.8 Å². The van der Waals surface area contributed by atoms with Gasteiger partial charge in [0.05, 0.1) is 62.0 Å². The van der Waals surface area contributed by atoms with Crippen molar-refractivity contribution in [3.63, 3.8) is 0 Å². The summed E-state index contributed by atoms with van der Waals surface area (Å²) in [4.78, 5) is 38.8. The van der Waals surface area contributed by atoms with E-state index >= 15 is 0 Å². The second-order valence-corrected chi connectivity index (χ2v) is 38.1. The summed E-state index contributed by atoms with van der Waals surface area (Å²) in [7, 11) is 0. The van der Waals surface area contributed by atoms with Crippen LogP contribution in [0.5, 0.6) is 23.0 Å². The standard InChI is InChI=1S/C84H126O6S6/c1-17-21-35-63(19-3)53-87-69-45-65(51-85)91-79(69)75-49-71-81(95-75)77-67(83(89-71,41-37-59(13)31-23-27-55(5)6)42-38-60(14)32-24-28-56(7)8)47-73(93-77)74-48-68-78(94-74)82-72(50-76(96-82)80-70(46-66(52-86)92-80)88-54-64(20-4)36-22-18-2)90-84(68,43-39-61(15)33-25-29-57(9)10)44-40-62(16)34-26-30-58(11)12/h45-52,55-64H,17-44,53-54H2,1-16H3. The molecule has 0 aromatic carbocycles. The van der Waals surface area contributed by atoms with Crippen molar-refractivity contribution in [3.8, 4) is 71.8 Å². The number of ether oxygens (including phenoxy) is 4. The van der Waals surface area contributed by atoms with Crippen LogP contribution in [0, 0.1) is 59.2 Å². The van der Waals surface area contributed by atoms with Gasteiger partial charge in [-0.25, -0.2) is 0 Å². The molecule has 0 bridgehead atoms. The summed E-state index contributed by atoms with van der Waals surface area (Å²) in [5, 5.41) is 0. The molecule has 534 valence electrons. The average molecular weight is 1420 g/mol. The van der Waals surface area contributed by atoms with E-state index in [1.165, 1.54) is 143 Å². The third kappa shape index (κ3) is 21.4. The Balaban J connectivity index is 1.31. The molecule has 8 rings (SSSR count). The molecular formula is C84H126O6S6. The Morgan fingerprint density at radius 2 is 0.688 bits per heavy atom. The molecule has 8 heterocycles. The highest BCUT2D eigenvalue weighted by Crippen LogP contribution is 2.63. The van der Waals surface area contributed by atoms with Gasteiger partial charge in [0.15, 0.2) is 12.6 Å². The Kier molecular flexibility index (Phi) is 31.2. The van der Waals surface area contributed by atoms with E-state index in [2.05, 4.69) is 135 Å². The van der Waals surface area contributed by atoms with E-state index in [1.807, 2.05) is 57.5 Å². The predicted molar refractivity (Wildman–Crippen MR) is 422 cm³/mol. The fourth-order valence-electron chi connectivity index (χ4n) is 14.7. The second-order valence-electron chi connectivity index (χ2n) is 31.8. The summed E-state index contributed by atoms with van der Waals surface area (Å²) >= 11 is 10.7. The highest BCUT2D eigenvalue weighted by molar-refractivity contribution is 7.31. The van der Waals surface area contributed by atoms with Crippen LogP contribution >= 0.6 is 68.0 Å². The lowest BCUT2D eigenvalue weighted by molar-refractivity contribution is 0.0322. The molecule has 6 nitrogen and oxygen atoms in total. The zero-order valence-electron chi connectivity index (χ0n) is 62.5. The van der Waals surface area contributed by atoms with Crippen LogP contribution in [0.15, 0.2) is 36.4 Å². The zero-order valence-corrected chi connectivity index (χ0v) is 67.4. The lowest BCUT2D eigenvalue weighted by atomic mass is 9.78. The first-order chi connectivity index (χ1) is 46.1. The molecule has 0 saturated heterocycles. The lowest BCUT2D eigenvalue weighted by Crippen LogP contribution is -2.36. The minimum Gasteiger partial charge on any atom is -0.492 e. The molecule has 0 N–H and O–H groups in total. The van der Waals surface area contributed by atoms with Gasteiger partial charge in [0.25, 0.3) is 0 Å². The number of fused-ring (bicyclic) bond motifs is 6. The molecule has 6 aromatic rings. The average Bonchev–Trinajstić information content (AvgIpc) is 1.55. The molecule has 0 amide bonds. The zero-order chi connectivity index (χ0) is 69.1. The maximum absolute atomic E-state index is 12.7. The molecule has 2 aliphatic heterocycles. The molecule has 2 aliphatic rings. The maximum atomic E-state index is 12.7. The van der Waals surface area contributed by atoms with Gasteiger partial charge in [0.1, 0.15) is 34.2 Å². The first kappa shape index (κ1) is 78.5. The van der Waals surface area contributed by atoms with Crippen LogP contribution in [0.1, 0.15) is 321 Å². The third-order valence-electron chi connectivity index (χ3n) is 21.3. The van der Waals surface area contributed by atoms with Crippen molar-refractivity contribution in [1.29, 1.82) is 0 Å². The molecule has 0 aliphatic carbocycles. The molecule has 6 unspecified atom stereocenters. The highest BCUT2D eigenvalue weighted by atomic mass is 32.1. The number of unbranched alkanes of at least 4 members (excludes halogenated alkanes) is 2. The van der Waals surface area contributed by atoms with Gasteiger partial charge < -0.3 is 18.9 Å². The molecule has 0 spiro atoms. The summed E-state index contributed by atoms with van der Waals surface area (Å²) in [6, 6.07) is 13.8. The summed E-state index contributed by atoms with van der Waals surface area (Å²) in [6.07, 6.45) is 34.4. The van der Waals surface area contributed by atoms with Gasteiger partial charge in [-0.2, -0.15) is 0 Å². The van der Waals surface area contributed by atoms with Crippen molar-refractivity contribution in [1.82, 2.24) is 0 Å². The summed E-state index contributed by atoms with van der Waals surface area (Å²) in [5.74, 6) is 9.64. The third-order valence-corrected chi connectivity index (χ3v) is 28.8. The van der Waals surface area contributed by atoms with Crippen molar-refractivity contribution in [3.05, 3.63) is 57.3 Å². The SMILES string of the molecule is CCCCC(CC)COc1cc(C=O)sc1-c1cc2c(s1)-c1sc(-c3cc4c(s3)-c3sc(-c5sc(C=O)cc5OCC(CC)CCCC)cc3OC4(CCC(C)CCCC(C)C)CCC(C)CCCC(C)C)cc1C(CCC(C)CCCC(C)C)(CCC(C)CCCC(C)C)O2. The quantitative estimate of drug-likeness (QED) is 0.0355. The van der Waals surface area contributed by atoms with Gasteiger partial charge in [-0.3, -0.25) is 9.59 Å². The van der Waals surface area contributed by atoms with Gasteiger partial charge in [0, 0.05) is 45.1 Å². The smallest absolute Gasteiger partial charge is 0.160 e. The Morgan fingerprint density at radius 1 is 0.365 bits per heavy atom. The van der Waals surface area contributed by atoms with E-state index < -0.39 is 11.2 Å². The van der Waals surface area contributed by atoms with Gasteiger partial charge in [-0.1, -0.05) is 226 Å². The van der Waals surface area contributed by atoms with Crippen molar-refractivity contribution < 1.29 is 28.5 Å². The predicted octanol–water partition coefficient (Wildman–Crippen LogP) is 29.4. The molecule has 0 saturated carbocycles. The normalized spacial score (nSPS) is 17.8. The van der Waals surface area contributed by atoms with Crippen LogP contribution in [-0.4, -0.2) is 25.8 Å². The Bertz CT molecular complexity index is 3020. The molecular weight excluding hydrogens is 1300 g/mol. The number of hydrogen-bond donors (Lipinski definition) is 0. The largest absolute Gasteiger partial charge is 0.492 e. The molecule has 0 radical (unpaired) electrons. The van der Waals surface area contributed by atoms with Gasteiger partial charge >= 0.3 is 0 Å². The van der Waals surface area contributed by atoms with Crippen LogP contribution < -0.4 is 18.9 Å². The monoisotopic (exact) mass is 1420 g/mol. The Labute approximate surface area is 607 Å². The molecule has 0 fully saturated rings. The first-order valence-corrected chi connectivity index (χ1v) is 43.4. The number of carbonyl (C=O) groups is 2. The molecule has 96 heavy (non-hydrogen) atoms. The molecule has 6 aromatic heterocycles. The van der Waals surface area contributed by atoms with Gasteiger partial charge in [0.2, 0.25) is 0 Å². The van der Waals surface area contributed by atoms with E-state index in [9.17, 15) is 9.59 Å². The summed E-state index contributed by atoms with van der Waals surface area (Å²) in [6.45, 7) is 39.2. The topological polar surface area (TPSA) is 71.1 Å². The van der Waals surface area contributed by atoms with E-state index in [1.54, 1.807) is 22.7 Å². The van der Waals surface area contributed by atoms with Crippen LogP contribution in [-0.2, 0) is 11.2 Å². The number of thiophene rings is 6. The Hall–Kier alpha value is -3.26. The Morgan fingerprint density at radius 3 is 0.979 bits per heavy atom. The number of aldehydes is 2. The van der Waals surface area contributed by atoms with Gasteiger partial charge in [-0.05, 0) is 136 Å². The van der Waals surface area contributed by atoms with E-state index in [-0.39, 0.29) is 0 Å². The van der Waals surface area contributed by atoms with Crippen molar-refractivity contribution in [2.45, 2.75) is 302 Å². The molecule has 12 heteroatoms. The van der Waals surface area contributed by atoms with E-state index in [0.29, 0.717) is 82.1 Å². The van der Waals surface area contributed by atoms with E-state index in [4.69, 9.17) is 18.9 Å². The fraction of sp³-hybridized carbons (Fsp3) is 0.690. The first-order valence-electron chi connectivity index (χ1n) is 38.5. The van der Waals surface area contributed by atoms with Crippen molar-refractivity contribution in [2.24, 2.45) is 59.2 Å². The van der Waals surface area contributed by atoms with Crippen molar-refractivity contribution in [2.75, 3.05) is 13.2 Å². The highest BCUT2D eigenvalue weighted by Gasteiger charge is 2.47. The number of carbonyl (C=O) groups excluding carboxylic acids is 2. The number of hydrogen-bond acceptors (Lipinski definition) is 12. The second kappa shape index (κ2) is 38.1. The van der Waals surface area contributed by atoms with Gasteiger partial charge in [-0.15, -0.1) is 68.0 Å². The summed E-state index contributed by atoms with van der Waals surface area (Å²) < 4.78 is 29.5. The van der Waals surface area contributed by atoms with E-state index in [0.717, 1.165) is 132 Å². The minimum atomic E-state index is -0.518. The fourth-order valence-corrected chi connectivity index (χ4v) is 21.7. The van der Waals surface area contributed by atoms with Crippen LogP contribution in [0.3, 0.4) is 0 Å². The maximum Gasteiger partial charge on any atom is 0.160 e. The summed E-state index contributed by atoms with van der Waals surface area (Å²) in [5.41, 5.74) is 1.68. The van der Waals surface area contributed by atoms with Crippen LogP contribution in [0.2, 0.25) is 0 Å². The lowest BCUT2D eigenvalue weighted by Gasteiger charge is -2.39. The van der Waals surface area contributed by atoms with Crippen LogP contribution in [0.4, 0.5) is 0 Å². The minimum absolute atomic E-state index is 0.466. The number of rotatable bonds is 47.